The number of aryl methyl sites for hydroxylation is 2. The molecule has 4 rings (SSSR count). The second-order valence-electron chi connectivity index (χ2n) is 4.51. The van der Waals surface area contributed by atoms with E-state index in [4.69, 9.17) is 24.4 Å². The van der Waals surface area contributed by atoms with Gasteiger partial charge >= 0.3 is 0 Å². The fraction of sp³-hybridized carbons (Fsp3) is 0.167. The Labute approximate surface area is 134 Å². The smallest absolute Gasteiger partial charge is 0.159 e. The van der Waals surface area contributed by atoms with Crippen molar-refractivity contribution < 1.29 is 0 Å². The first-order chi connectivity index (χ1) is 10.5. The lowest BCUT2D eigenvalue weighted by Crippen LogP contribution is -1.88. The van der Waals surface area contributed by atoms with Crippen LogP contribution in [-0.2, 0) is 0 Å². The van der Waals surface area contributed by atoms with Gasteiger partial charge in [0, 0.05) is 0 Å². The Kier molecular flexibility index (Phi) is 3.77. The molecule has 4 N–H and O–H groups in total. The monoisotopic (exact) mass is 332 g/mol. The zero-order valence-electron chi connectivity index (χ0n) is 11.8. The van der Waals surface area contributed by atoms with Crippen LogP contribution in [0.25, 0.3) is 22.3 Å². The molecule has 4 heterocycles. The fourth-order valence-corrected chi connectivity index (χ4v) is 2.50. The summed E-state index contributed by atoms with van der Waals surface area (Å²) in [4.78, 5) is 28.0. The summed E-state index contributed by atoms with van der Waals surface area (Å²) in [6.45, 7) is 3.70. The number of H-pyrrole nitrogens is 4. The lowest BCUT2D eigenvalue weighted by Gasteiger charge is -1.91. The van der Waals surface area contributed by atoms with E-state index < -0.39 is 0 Å². The Balaban J connectivity index is 0.000000131. The molecule has 22 heavy (non-hydrogen) atoms. The Hall–Kier alpha value is -2.46. The number of hydrogen-bond donors (Lipinski definition) is 4. The zero-order valence-corrected chi connectivity index (χ0v) is 13.4. The van der Waals surface area contributed by atoms with Crippen LogP contribution < -0.4 is 0 Å². The van der Waals surface area contributed by atoms with Gasteiger partial charge in [-0.25, -0.2) is 19.9 Å². The maximum absolute atomic E-state index is 4.99. The molecule has 0 aliphatic rings. The summed E-state index contributed by atoms with van der Waals surface area (Å²) in [5.74, 6) is 1.57. The molecule has 0 radical (unpaired) electrons. The fourth-order valence-electron chi connectivity index (χ4n) is 1.92. The molecule has 112 valence electrons. The van der Waals surface area contributed by atoms with Gasteiger partial charge in [-0.1, -0.05) is 24.4 Å². The minimum atomic E-state index is 0.564. The second kappa shape index (κ2) is 5.73. The lowest BCUT2D eigenvalue weighted by molar-refractivity contribution is 1.07. The van der Waals surface area contributed by atoms with Gasteiger partial charge in [-0.2, -0.15) is 0 Å². The molecular weight excluding hydrogens is 320 g/mol. The average molecular weight is 332 g/mol. The molecular formula is C12H12N8S2. The number of nitrogens with zero attached hydrogens (tertiary/aromatic N) is 4. The largest absolute Gasteiger partial charge is 0.341 e. The second-order valence-corrected chi connectivity index (χ2v) is 5.28. The summed E-state index contributed by atoms with van der Waals surface area (Å²) in [6, 6.07) is 0. The molecule has 0 unspecified atom stereocenters. The number of fused-ring (bicyclic) bond motifs is 2. The third kappa shape index (κ3) is 2.78. The van der Waals surface area contributed by atoms with E-state index >= 15 is 0 Å². The van der Waals surface area contributed by atoms with Gasteiger partial charge in [0.05, 0.1) is 12.7 Å². The summed E-state index contributed by atoms with van der Waals surface area (Å²) in [6.07, 6.45) is 3.19. The van der Waals surface area contributed by atoms with Crippen LogP contribution in [0.4, 0.5) is 0 Å². The highest BCUT2D eigenvalue weighted by Gasteiger charge is 1.99. The predicted molar refractivity (Wildman–Crippen MR) is 87.6 cm³/mol. The molecule has 0 saturated carbocycles. The summed E-state index contributed by atoms with van der Waals surface area (Å²) < 4.78 is 1.13. The van der Waals surface area contributed by atoms with E-state index in [1.807, 2.05) is 13.8 Å². The third-order valence-corrected chi connectivity index (χ3v) is 3.43. The van der Waals surface area contributed by atoms with Crippen LogP contribution in [0.2, 0.25) is 0 Å². The Morgan fingerprint density at radius 2 is 1.18 bits per heavy atom. The zero-order chi connectivity index (χ0) is 15.7. The number of aromatic nitrogens is 8. The van der Waals surface area contributed by atoms with Crippen molar-refractivity contribution in [1.82, 2.24) is 39.9 Å². The Bertz CT molecular complexity index is 968. The van der Waals surface area contributed by atoms with E-state index in [0.29, 0.717) is 9.28 Å². The predicted octanol–water partition coefficient (Wildman–Crippen LogP) is 2.65. The SMILES string of the molecule is Cc1nc(=S)c2[nH]cnc2[nH]1.Cc1nc(=S)c2[nH]cnc2[nH]1. The van der Waals surface area contributed by atoms with Crippen molar-refractivity contribution >= 4 is 46.8 Å². The molecule has 8 nitrogen and oxygen atoms in total. The average Bonchev–Trinajstić information content (AvgIpc) is 3.07. The van der Waals surface area contributed by atoms with Gasteiger partial charge < -0.3 is 19.9 Å². The molecule has 0 atom stereocenters. The van der Waals surface area contributed by atoms with E-state index in [-0.39, 0.29) is 0 Å². The van der Waals surface area contributed by atoms with Crippen LogP contribution in [0, 0.1) is 23.1 Å². The highest BCUT2D eigenvalue weighted by atomic mass is 32.1. The molecule has 10 heteroatoms. The molecule has 0 aromatic carbocycles. The first kappa shape index (κ1) is 14.5. The van der Waals surface area contributed by atoms with Crippen LogP contribution in [0.1, 0.15) is 11.6 Å². The topological polar surface area (TPSA) is 115 Å². The summed E-state index contributed by atoms with van der Waals surface area (Å²) in [5.41, 5.74) is 3.13. The van der Waals surface area contributed by atoms with Gasteiger partial charge in [0.15, 0.2) is 20.6 Å². The maximum Gasteiger partial charge on any atom is 0.159 e. The van der Waals surface area contributed by atoms with Gasteiger partial charge in [-0.3, -0.25) is 0 Å². The van der Waals surface area contributed by atoms with Gasteiger partial charge in [-0.15, -0.1) is 0 Å². The van der Waals surface area contributed by atoms with Gasteiger partial charge in [0.25, 0.3) is 0 Å². The quantitative estimate of drug-likeness (QED) is 0.368. The van der Waals surface area contributed by atoms with Crippen molar-refractivity contribution in [1.29, 1.82) is 0 Å². The number of hydrogen-bond acceptors (Lipinski definition) is 6. The van der Waals surface area contributed by atoms with E-state index in [1.165, 1.54) is 0 Å². The van der Waals surface area contributed by atoms with Crippen LogP contribution in [0.5, 0.6) is 0 Å². The normalized spacial score (nSPS) is 10.6. The third-order valence-electron chi connectivity index (χ3n) is 2.84. The molecule has 0 amide bonds. The molecule has 0 saturated heterocycles. The van der Waals surface area contributed by atoms with Gasteiger partial charge in [0.1, 0.15) is 22.7 Å². The molecule has 0 spiro atoms. The van der Waals surface area contributed by atoms with E-state index in [0.717, 1.165) is 34.0 Å². The molecule has 4 aromatic heterocycles. The molecule has 0 aliphatic carbocycles. The van der Waals surface area contributed by atoms with Gasteiger partial charge in [-0.05, 0) is 13.8 Å². The first-order valence-corrected chi connectivity index (χ1v) is 7.16. The number of imidazole rings is 2. The first-order valence-electron chi connectivity index (χ1n) is 6.34. The molecule has 0 fully saturated rings. The number of aromatic amines is 4. The highest BCUT2D eigenvalue weighted by Crippen LogP contribution is 2.06. The lowest BCUT2D eigenvalue weighted by atomic mass is 10.5. The van der Waals surface area contributed by atoms with Crippen LogP contribution >= 0.6 is 24.4 Å². The Morgan fingerprint density at radius 3 is 1.59 bits per heavy atom. The maximum atomic E-state index is 4.99. The van der Waals surface area contributed by atoms with Crippen molar-refractivity contribution in [2.75, 3.05) is 0 Å². The summed E-state index contributed by atoms with van der Waals surface area (Å²) in [5, 5.41) is 0. The van der Waals surface area contributed by atoms with Crippen molar-refractivity contribution in [3.63, 3.8) is 0 Å². The molecule has 4 aromatic rings. The summed E-state index contributed by atoms with van der Waals surface area (Å²) in [7, 11) is 0. The van der Waals surface area contributed by atoms with Crippen molar-refractivity contribution in [2.45, 2.75) is 13.8 Å². The van der Waals surface area contributed by atoms with Crippen LogP contribution in [0.3, 0.4) is 0 Å². The van der Waals surface area contributed by atoms with Crippen molar-refractivity contribution in [3.8, 4) is 0 Å². The van der Waals surface area contributed by atoms with Crippen LogP contribution in [-0.4, -0.2) is 39.9 Å². The number of nitrogens with one attached hydrogen (secondary N) is 4. The van der Waals surface area contributed by atoms with Crippen molar-refractivity contribution in [3.05, 3.63) is 33.6 Å². The molecule has 0 bridgehead atoms. The highest BCUT2D eigenvalue weighted by molar-refractivity contribution is 7.71. The summed E-state index contributed by atoms with van der Waals surface area (Å²) >= 11 is 9.99. The molecule has 0 aliphatic heterocycles. The number of rotatable bonds is 0. The van der Waals surface area contributed by atoms with Crippen LogP contribution in [0.15, 0.2) is 12.7 Å². The van der Waals surface area contributed by atoms with Crippen molar-refractivity contribution in [2.24, 2.45) is 0 Å². The van der Waals surface area contributed by atoms with Gasteiger partial charge in [0.2, 0.25) is 0 Å². The van der Waals surface area contributed by atoms with E-state index in [9.17, 15) is 0 Å². The minimum Gasteiger partial charge on any atom is -0.341 e. The van der Waals surface area contributed by atoms with E-state index in [2.05, 4.69) is 39.9 Å². The minimum absolute atomic E-state index is 0.564. The van der Waals surface area contributed by atoms with E-state index in [1.54, 1.807) is 12.7 Å². The standard InChI is InChI=1S/2C6H6N4S/c2*1-3-9-5-4(6(11)10-3)7-2-8-5/h2*2H,1H3,(H2,7,8,9,10,11). The Morgan fingerprint density at radius 1 is 0.773 bits per heavy atom.